The van der Waals surface area contributed by atoms with Crippen molar-refractivity contribution < 1.29 is 9.32 Å². The van der Waals surface area contributed by atoms with E-state index in [1.54, 1.807) is 6.07 Å². The second-order valence-corrected chi connectivity index (χ2v) is 6.91. The molecule has 128 valence electrons. The number of nitrogens with zero attached hydrogens (tertiary/aromatic N) is 2. The zero-order chi connectivity index (χ0) is 17.1. The second-order valence-electron chi connectivity index (χ2n) is 6.91. The number of hydrogen-bond acceptors (Lipinski definition) is 4. The molecule has 24 heavy (non-hydrogen) atoms. The fraction of sp³-hybridized carbons (Fsp3) is 0.474. The quantitative estimate of drug-likeness (QED) is 0.842. The van der Waals surface area contributed by atoms with Crippen LogP contribution in [0.2, 0.25) is 0 Å². The van der Waals surface area contributed by atoms with E-state index in [2.05, 4.69) is 53.5 Å². The van der Waals surface area contributed by atoms with Crippen molar-refractivity contribution in [2.45, 2.75) is 52.1 Å². The predicted octanol–water partition coefficient (Wildman–Crippen LogP) is 3.71. The van der Waals surface area contributed by atoms with Crippen LogP contribution in [-0.2, 0) is 11.3 Å². The van der Waals surface area contributed by atoms with Crippen molar-refractivity contribution in [2.75, 3.05) is 11.9 Å². The van der Waals surface area contributed by atoms with Gasteiger partial charge in [-0.2, -0.15) is 0 Å². The molecular weight excluding hydrogens is 302 g/mol. The van der Waals surface area contributed by atoms with E-state index in [1.807, 2.05) is 6.92 Å². The molecule has 1 aromatic carbocycles. The Bertz CT molecular complexity index is 687. The highest BCUT2D eigenvalue weighted by molar-refractivity contribution is 5.91. The van der Waals surface area contributed by atoms with Gasteiger partial charge in [-0.05, 0) is 36.8 Å². The summed E-state index contributed by atoms with van der Waals surface area (Å²) in [6.45, 7) is 7.39. The summed E-state index contributed by atoms with van der Waals surface area (Å²) in [6, 6.07) is 10.9. The molecule has 1 aliphatic rings. The van der Waals surface area contributed by atoms with Gasteiger partial charge in [-0.1, -0.05) is 43.3 Å². The zero-order valence-corrected chi connectivity index (χ0v) is 14.6. The maximum Gasteiger partial charge on any atom is 0.240 e. The molecule has 0 radical (unpaired) electrons. The van der Waals surface area contributed by atoms with E-state index in [-0.39, 0.29) is 5.91 Å². The summed E-state index contributed by atoms with van der Waals surface area (Å²) >= 11 is 0. The molecule has 1 fully saturated rings. The van der Waals surface area contributed by atoms with Crippen molar-refractivity contribution in [2.24, 2.45) is 0 Å². The van der Waals surface area contributed by atoms with Crippen LogP contribution in [0.25, 0.3) is 0 Å². The van der Waals surface area contributed by atoms with Gasteiger partial charge in [0.15, 0.2) is 0 Å². The van der Waals surface area contributed by atoms with Gasteiger partial charge < -0.3 is 4.52 Å². The molecule has 0 unspecified atom stereocenters. The summed E-state index contributed by atoms with van der Waals surface area (Å²) in [5.74, 6) is 0.890. The van der Waals surface area contributed by atoms with Gasteiger partial charge in [0.2, 0.25) is 11.8 Å². The Hall–Kier alpha value is -2.14. The van der Waals surface area contributed by atoms with Crippen molar-refractivity contribution in [1.29, 1.82) is 0 Å². The van der Waals surface area contributed by atoms with E-state index in [0.29, 0.717) is 24.4 Å². The number of amides is 1. The van der Waals surface area contributed by atoms with Crippen molar-refractivity contribution in [3.8, 4) is 0 Å². The van der Waals surface area contributed by atoms with E-state index in [1.165, 1.54) is 24.0 Å². The molecule has 1 amide bonds. The minimum absolute atomic E-state index is 0.0585. The van der Waals surface area contributed by atoms with Crippen molar-refractivity contribution in [1.82, 2.24) is 10.1 Å². The van der Waals surface area contributed by atoms with Crippen molar-refractivity contribution in [3.05, 3.63) is 47.2 Å². The minimum atomic E-state index is -0.0585. The molecule has 1 heterocycles. The van der Waals surface area contributed by atoms with Crippen LogP contribution in [-0.4, -0.2) is 28.6 Å². The fourth-order valence-corrected chi connectivity index (χ4v) is 2.78. The van der Waals surface area contributed by atoms with E-state index in [9.17, 15) is 4.79 Å². The van der Waals surface area contributed by atoms with Crippen molar-refractivity contribution >= 4 is 11.8 Å². The number of anilines is 1. The van der Waals surface area contributed by atoms with Gasteiger partial charge >= 0.3 is 0 Å². The normalized spacial score (nSPS) is 14.4. The zero-order valence-electron chi connectivity index (χ0n) is 14.6. The monoisotopic (exact) mass is 327 g/mol. The number of carbonyl (C=O) groups is 1. The third-order valence-electron chi connectivity index (χ3n) is 4.33. The topological polar surface area (TPSA) is 58.4 Å². The summed E-state index contributed by atoms with van der Waals surface area (Å²) in [5, 5.41) is 6.56. The number of benzene rings is 1. The summed E-state index contributed by atoms with van der Waals surface area (Å²) in [5.41, 5.74) is 3.35. The first-order valence-electron chi connectivity index (χ1n) is 8.57. The van der Waals surface area contributed by atoms with Gasteiger partial charge in [-0.15, -0.1) is 0 Å². The largest absolute Gasteiger partial charge is 0.338 e. The third-order valence-corrected chi connectivity index (χ3v) is 4.33. The number of aromatic nitrogens is 1. The van der Waals surface area contributed by atoms with Crippen LogP contribution in [0, 0.1) is 6.92 Å². The fourth-order valence-electron chi connectivity index (χ4n) is 2.78. The average molecular weight is 327 g/mol. The van der Waals surface area contributed by atoms with Gasteiger partial charge in [0.25, 0.3) is 0 Å². The van der Waals surface area contributed by atoms with Crippen LogP contribution in [0.5, 0.6) is 0 Å². The Morgan fingerprint density at radius 3 is 2.58 bits per heavy atom. The molecule has 0 atom stereocenters. The van der Waals surface area contributed by atoms with Crippen LogP contribution < -0.4 is 5.32 Å². The van der Waals surface area contributed by atoms with Crippen LogP contribution >= 0.6 is 0 Å². The number of aryl methyl sites for hydroxylation is 1. The lowest BCUT2D eigenvalue weighted by atomic mass is 10.0. The molecule has 1 N–H and O–H groups in total. The lowest BCUT2D eigenvalue weighted by molar-refractivity contribution is -0.117. The van der Waals surface area contributed by atoms with Crippen LogP contribution in [0.3, 0.4) is 0 Å². The molecule has 5 nitrogen and oxygen atoms in total. The highest BCUT2D eigenvalue weighted by Gasteiger charge is 2.30. The molecule has 0 bridgehead atoms. The van der Waals surface area contributed by atoms with E-state index < -0.39 is 0 Å². The Morgan fingerprint density at radius 2 is 2.04 bits per heavy atom. The molecular formula is C19H25N3O2. The Kier molecular flexibility index (Phi) is 5.00. The first kappa shape index (κ1) is 16.7. The molecule has 1 aromatic heterocycles. The standard InChI is InChI=1S/C19H25N3O2/c1-13(2)16-6-4-15(5-7-16)11-22(17-8-9-17)12-18(23)20-19-10-14(3)21-24-19/h4-7,10,13,17H,8-9,11-12H2,1-3H3,(H,20,23). The highest BCUT2D eigenvalue weighted by Crippen LogP contribution is 2.28. The van der Waals surface area contributed by atoms with Crippen LogP contribution in [0.1, 0.15) is 49.4 Å². The Morgan fingerprint density at radius 1 is 1.33 bits per heavy atom. The summed E-state index contributed by atoms with van der Waals surface area (Å²) in [7, 11) is 0. The first-order chi connectivity index (χ1) is 11.5. The van der Waals surface area contributed by atoms with Crippen LogP contribution in [0.4, 0.5) is 5.88 Å². The molecule has 0 spiro atoms. The summed E-state index contributed by atoms with van der Waals surface area (Å²) in [6.07, 6.45) is 2.33. The Labute approximate surface area is 143 Å². The molecule has 1 saturated carbocycles. The van der Waals surface area contributed by atoms with Crippen LogP contribution in [0.15, 0.2) is 34.9 Å². The smallest absolute Gasteiger partial charge is 0.240 e. The Balaban J connectivity index is 1.59. The number of rotatable bonds is 7. The van der Waals surface area contributed by atoms with Gasteiger partial charge in [0, 0.05) is 18.7 Å². The van der Waals surface area contributed by atoms with E-state index in [4.69, 9.17) is 4.52 Å². The van der Waals surface area contributed by atoms with E-state index in [0.717, 1.165) is 12.2 Å². The third kappa shape index (κ3) is 4.45. The second kappa shape index (κ2) is 7.18. The molecule has 5 heteroatoms. The summed E-state index contributed by atoms with van der Waals surface area (Å²) < 4.78 is 5.05. The lowest BCUT2D eigenvalue weighted by Gasteiger charge is -2.21. The molecule has 0 aliphatic heterocycles. The van der Waals surface area contributed by atoms with Gasteiger partial charge in [0.1, 0.15) is 0 Å². The van der Waals surface area contributed by atoms with Gasteiger partial charge in [-0.3, -0.25) is 15.0 Å². The first-order valence-corrected chi connectivity index (χ1v) is 8.57. The summed E-state index contributed by atoms with van der Waals surface area (Å²) in [4.78, 5) is 14.5. The predicted molar refractivity (Wildman–Crippen MR) is 93.8 cm³/mol. The molecule has 1 aliphatic carbocycles. The maximum absolute atomic E-state index is 12.3. The minimum Gasteiger partial charge on any atom is -0.338 e. The van der Waals surface area contributed by atoms with Crippen molar-refractivity contribution in [3.63, 3.8) is 0 Å². The van der Waals surface area contributed by atoms with Gasteiger partial charge in [-0.25, -0.2) is 0 Å². The SMILES string of the molecule is Cc1cc(NC(=O)CN(Cc2ccc(C(C)C)cc2)C2CC2)on1. The maximum atomic E-state index is 12.3. The number of hydrogen-bond donors (Lipinski definition) is 1. The highest BCUT2D eigenvalue weighted by atomic mass is 16.5. The molecule has 3 rings (SSSR count). The molecule has 2 aromatic rings. The van der Waals surface area contributed by atoms with E-state index >= 15 is 0 Å². The van der Waals surface area contributed by atoms with Gasteiger partial charge in [0.05, 0.1) is 12.2 Å². The lowest BCUT2D eigenvalue weighted by Crippen LogP contribution is -2.34. The number of carbonyl (C=O) groups excluding carboxylic acids is 1. The molecule has 0 saturated heterocycles. The number of nitrogens with one attached hydrogen (secondary N) is 1. The average Bonchev–Trinajstić information content (AvgIpc) is 3.31.